The first-order valence-corrected chi connectivity index (χ1v) is 10.8. The van der Waals surface area contributed by atoms with Gasteiger partial charge in [-0.15, -0.1) is 11.3 Å². The molecule has 2 aromatic rings. The van der Waals surface area contributed by atoms with Crippen molar-refractivity contribution >= 4 is 35.9 Å². The highest BCUT2D eigenvalue weighted by molar-refractivity contribution is 7.10. The minimum atomic E-state index is -0.250. The van der Waals surface area contributed by atoms with E-state index in [1.54, 1.807) is 0 Å². The lowest BCUT2D eigenvalue weighted by Gasteiger charge is -2.28. The Morgan fingerprint density at radius 2 is 1.72 bits per heavy atom. The third-order valence-electron chi connectivity index (χ3n) is 4.98. The first-order chi connectivity index (χ1) is 14.1. The first-order valence-electron chi connectivity index (χ1n) is 9.54. The molecule has 1 fully saturated rings. The molecule has 2 N–H and O–H groups in total. The van der Waals surface area contributed by atoms with Gasteiger partial charge in [-0.1, -0.05) is 23.7 Å². The van der Waals surface area contributed by atoms with E-state index < -0.39 is 0 Å². The fourth-order valence-corrected chi connectivity index (χ4v) is 4.98. The number of rotatable bonds is 4. The molecular weight excluding hydrogens is 412 g/mol. The SMILES string of the molecule is Clc1cccc2c1CCN(Cc1cc(CN3CCCC3)cs1)C2.O=CO.O=CO. The fourth-order valence-electron chi connectivity index (χ4n) is 3.77. The van der Waals surface area contributed by atoms with Crippen molar-refractivity contribution in [3.05, 3.63) is 56.2 Å². The van der Waals surface area contributed by atoms with Crippen molar-refractivity contribution in [1.29, 1.82) is 0 Å². The van der Waals surface area contributed by atoms with E-state index in [9.17, 15) is 0 Å². The highest BCUT2D eigenvalue weighted by Crippen LogP contribution is 2.28. The second-order valence-electron chi connectivity index (χ2n) is 6.95. The number of hydrogen-bond acceptors (Lipinski definition) is 5. The van der Waals surface area contributed by atoms with Gasteiger partial charge in [0.15, 0.2) is 0 Å². The number of carboxylic acid groups (broad SMARTS) is 2. The number of thiophene rings is 1. The number of likely N-dealkylation sites (tertiary alicyclic amines) is 1. The van der Waals surface area contributed by atoms with Crippen molar-refractivity contribution in [2.45, 2.75) is 38.9 Å². The van der Waals surface area contributed by atoms with E-state index in [2.05, 4.69) is 33.4 Å². The zero-order valence-electron chi connectivity index (χ0n) is 16.3. The van der Waals surface area contributed by atoms with Gasteiger partial charge in [-0.05, 0) is 66.6 Å². The Kier molecular flexibility index (Phi) is 10.1. The standard InChI is InChI=1S/C19H23ClN2S.2CH2O2/c20-19-5-3-4-16-12-22(9-6-18(16)19)13-17-10-15(14-23-17)11-21-7-1-2-8-21;2*2-1-3/h3-5,10,14H,1-2,6-9,11-13H2;2*1H,(H,2,3). The number of carbonyl (C=O) groups is 2. The Balaban J connectivity index is 0.000000449. The van der Waals surface area contributed by atoms with Crippen LogP contribution in [0, 0.1) is 0 Å². The Bertz CT molecular complexity index is 772. The van der Waals surface area contributed by atoms with Crippen molar-refractivity contribution in [2.75, 3.05) is 19.6 Å². The normalized spacial score (nSPS) is 16.0. The summed E-state index contributed by atoms with van der Waals surface area (Å²) in [6.07, 6.45) is 3.81. The molecule has 8 heteroatoms. The van der Waals surface area contributed by atoms with E-state index in [1.165, 1.54) is 47.5 Å². The molecule has 1 aromatic carbocycles. The molecule has 158 valence electrons. The summed E-state index contributed by atoms with van der Waals surface area (Å²) >= 11 is 8.23. The maximum Gasteiger partial charge on any atom is 0.290 e. The number of halogens is 1. The number of nitrogens with zero attached hydrogens (tertiary/aromatic N) is 2. The van der Waals surface area contributed by atoms with Crippen molar-refractivity contribution in [2.24, 2.45) is 0 Å². The molecule has 4 rings (SSSR count). The zero-order valence-corrected chi connectivity index (χ0v) is 17.9. The van der Waals surface area contributed by atoms with Crippen LogP contribution < -0.4 is 0 Å². The topological polar surface area (TPSA) is 81.1 Å². The molecule has 1 aromatic heterocycles. The smallest absolute Gasteiger partial charge is 0.290 e. The highest BCUT2D eigenvalue weighted by Gasteiger charge is 2.19. The van der Waals surface area contributed by atoms with Crippen LogP contribution >= 0.6 is 22.9 Å². The summed E-state index contributed by atoms with van der Waals surface area (Å²) in [4.78, 5) is 23.3. The summed E-state index contributed by atoms with van der Waals surface area (Å²) in [5.74, 6) is 0. The van der Waals surface area contributed by atoms with Gasteiger partial charge in [-0.3, -0.25) is 19.4 Å². The molecule has 0 aliphatic carbocycles. The van der Waals surface area contributed by atoms with Crippen LogP contribution in [0.1, 0.15) is 34.4 Å². The average Bonchev–Trinajstić information content (AvgIpc) is 3.36. The monoisotopic (exact) mass is 438 g/mol. The molecule has 1 saturated heterocycles. The minimum absolute atomic E-state index is 0.250. The van der Waals surface area contributed by atoms with Crippen LogP contribution in [0.15, 0.2) is 29.6 Å². The van der Waals surface area contributed by atoms with Gasteiger partial charge in [0.2, 0.25) is 0 Å². The fraction of sp³-hybridized carbons (Fsp3) is 0.429. The molecule has 0 unspecified atom stereocenters. The molecule has 0 radical (unpaired) electrons. The maximum absolute atomic E-state index is 8.36. The zero-order chi connectivity index (χ0) is 21.1. The predicted molar refractivity (Wildman–Crippen MR) is 115 cm³/mol. The molecule has 0 atom stereocenters. The summed E-state index contributed by atoms with van der Waals surface area (Å²) in [6.45, 7) is 6.38. The van der Waals surface area contributed by atoms with Gasteiger partial charge in [-0.2, -0.15) is 0 Å². The van der Waals surface area contributed by atoms with Gasteiger partial charge >= 0.3 is 0 Å². The minimum Gasteiger partial charge on any atom is -0.483 e. The van der Waals surface area contributed by atoms with E-state index in [0.717, 1.165) is 37.6 Å². The second kappa shape index (κ2) is 12.6. The molecular formula is C21H27ClN2O4S. The van der Waals surface area contributed by atoms with Gasteiger partial charge in [0, 0.05) is 36.1 Å². The van der Waals surface area contributed by atoms with Crippen molar-refractivity contribution in [3.8, 4) is 0 Å². The van der Waals surface area contributed by atoms with Gasteiger partial charge < -0.3 is 10.2 Å². The number of hydrogen-bond donors (Lipinski definition) is 2. The van der Waals surface area contributed by atoms with Crippen LogP contribution in [-0.4, -0.2) is 52.6 Å². The quantitative estimate of drug-likeness (QED) is 0.703. The van der Waals surface area contributed by atoms with E-state index in [0.29, 0.717) is 0 Å². The largest absolute Gasteiger partial charge is 0.483 e. The maximum atomic E-state index is 8.36. The van der Waals surface area contributed by atoms with Crippen LogP contribution in [-0.2, 0) is 35.6 Å². The lowest BCUT2D eigenvalue weighted by atomic mass is 10.00. The summed E-state index contributed by atoms with van der Waals surface area (Å²) in [5, 5.41) is 17.1. The summed E-state index contributed by atoms with van der Waals surface area (Å²) in [5.41, 5.74) is 4.25. The van der Waals surface area contributed by atoms with Gasteiger partial charge in [0.1, 0.15) is 0 Å². The Hall–Kier alpha value is -1.93. The van der Waals surface area contributed by atoms with Crippen LogP contribution in [0.2, 0.25) is 5.02 Å². The van der Waals surface area contributed by atoms with Gasteiger partial charge in [0.05, 0.1) is 0 Å². The van der Waals surface area contributed by atoms with E-state index in [1.807, 2.05) is 17.4 Å². The lowest BCUT2D eigenvalue weighted by molar-refractivity contribution is -0.123. The average molecular weight is 439 g/mol. The molecule has 3 heterocycles. The van der Waals surface area contributed by atoms with Crippen LogP contribution in [0.3, 0.4) is 0 Å². The highest BCUT2D eigenvalue weighted by atomic mass is 35.5. The molecule has 2 aliphatic rings. The third-order valence-corrected chi connectivity index (χ3v) is 6.30. The van der Waals surface area contributed by atoms with Crippen molar-refractivity contribution in [3.63, 3.8) is 0 Å². The molecule has 29 heavy (non-hydrogen) atoms. The third kappa shape index (κ3) is 7.44. The van der Waals surface area contributed by atoms with E-state index in [-0.39, 0.29) is 12.9 Å². The molecule has 2 aliphatic heterocycles. The molecule has 0 bridgehead atoms. The lowest BCUT2D eigenvalue weighted by Crippen LogP contribution is -2.29. The van der Waals surface area contributed by atoms with Crippen molar-refractivity contribution < 1.29 is 19.8 Å². The van der Waals surface area contributed by atoms with Gasteiger partial charge in [-0.25, -0.2) is 0 Å². The number of benzene rings is 1. The van der Waals surface area contributed by atoms with E-state index >= 15 is 0 Å². The molecule has 6 nitrogen and oxygen atoms in total. The summed E-state index contributed by atoms with van der Waals surface area (Å²) in [6, 6.07) is 8.72. The predicted octanol–water partition coefficient (Wildman–Crippen LogP) is 3.96. The molecule has 0 spiro atoms. The van der Waals surface area contributed by atoms with Crippen LogP contribution in [0.25, 0.3) is 0 Å². The Labute approximate surface area is 180 Å². The summed E-state index contributed by atoms with van der Waals surface area (Å²) in [7, 11) is 0. The Morgan fingerprint density at radius 1 is 1.03 bits per heavy atom. The second-order valence-corrected chi connectivity index (χ2v) is 8.36. The van der Waals surface area contributed by atoms with Crippen molar-refractivity contribution in [1.82, 2.24) is 9.80 Å². The van der Waals surface area contributed by atoms with Crippen LogP contribution in [0.5, 0.6) is 0 Å². The van der Waals surface area contributed by atoms with E-state index in [4.69, 9.17) is 31.4 Å². The van der Waals surface area contributed by atoms with Crippen LogP contribution in [0.4, 0.5) is 0 Å². The van der Waals surface area contributed by atoms with Gasteiger partial charge in [0.25, 0.3) is 12.9 Å². The Morgan fingerprint density at radius 3 is 2.41 bits per heavy atom. The molecule has 0 saturated carbocycles. The number of fused-ring (bicyclic) bond motifs is 1. The molecule has 0 amide bonds. The summed E-state index contributed by atoms with van der Waals surface area (Å²) < 4.78 is 0. The first kappa shape index (κ1) is 23.3.